The van der Waals surface area contributed by atoms with Gasteiger partial charge in [0.2, 0.25) is 0 Å². The molecule has 0 heterocycles. The van der Waals surface area contributed by atoms with E-state index in [1.165, 1.54) is 11.1 Å². The maximum Gasteiger partial charge on any atom is 0.0453 e. The van der Waals surface area contributed by atoms with E-state index in [-0.39, 0.29) is 0 Å². The van der Waals surface area contributed by atoms with E-state index < -0.39 is 0 Å². The van der Waals surface area contributed by atoms with Gasteiger partial charge in [0.1, 0.15) is 0 Å². The van der Waals surface area contributed by atoms with E-state index in [0.29, 0.717) is 5.92 Å². The van der Waals surface area contributed by atoms with E-state index in [2.05, 4.69) is 60.1 Å². The summed E-state index contributed by atoms with van der Waals surface area (Å²) < 4.78 is 1.07. The zero-order chi connectivity index (χ0) is 13.8. The van der Waals surface area contributed by atoms with Crippen molar-refractivity contribution in [3.05, 3.63) is 58.1 Å². The maximum atomic E-state index is 5.98. The van der Waals surface area contributed by atoms with Gasteiger partial charge < -0.3 is 5.73 Å². The zero-order valence-corrected chi connectivity index (χ0v) is 13.6. The fourth-order valence-corrected chi connectivity index (χ4v) is 3.27. The average molecular weight is 336 g/mol. The van der Waals surface area contributed by atoms with Crippen molar-refractivity contribution in [1.82, 2.24) is 0 Å². The van der Waals surface area contributed by atoms with E-state index in [1.54, 1.807) is 11.8 Å². The van der Waals surface area contributed by atoms with Crippen LogP contribution >= 0.6 is 27.7 Å². The smallest absolute Gasteiger partial charge is 0.0453 e. The Balaban J connectivity index is 2.04. The van der Waals surface area contributed by atoms with Gasteiger partial charge in [0.05, 0.1) is 0 Å². The predicted octanol–water partition coefficient (Wildman–Crippen LogP) is 5.45. The minimum atomic E-state index is 0.586. The predicted molar refractivity (Wildman–Crippen MR) is 88.6 cm³/mol. The molecule has 0 saturated carbocycles. The summed E-state index contributed by atoms with van der Waals surface area (Å²) in [4.78, 5) is 1.13. The Morgan fingerprint density at radius 1 is 1.11 bits per heavy atom. The van der Waals surface area contributed by atoms with Gasteiger partial charge in [-0.3, -0.25) is 0 Å². The van der Waals surface area contributed by atoms with Crippen LogP contribution in [0.5, 0.6) is 0 Å². The van der Waals surface area contributed by atoms with Crippen molar-refractivity contribution in [2.75, 3.05) is 5.73 Å². The van der Waals surface area contributed by atoms with E-state index in [0.717, 1.165) is 20.8 Å². The Morgan fingerprint density at radius 2 is 1.79 bits per heavy atom. The van der Waals surface area contributed by atoms with Crippen molar-refractivity contribution in [2.24, 2.45) is 0 Å². The monoisotopic (exact) mass is 335 g/mol. The highest BCUT2D eigenvalue weighted by Crippen LogP contribution is 2.31. The quantitative estimate of drug-likeness (QED) is 0.594. The zero-order valence-electron chi connectivity index (χ0n) is 11.2. The van der Waals surface area contributed by atoms with Gasteiger partial charge in [-0.2, -0.15) is 0 Å². The fourth-order valence-electron chi connectivity index (χ4n) is 1.79. The molecular formula is C16H18BrNS. The number of thioether (sulfide) groups is 1. The van der Waals surface area contributed by atoms with Crippen molar-refractivity contribution < 1.29 is 0 Å². The summed E-state index contributed by atoms with van der Waals surface area (Å²) in [6, 6.07) is 14.8. The van der Waals surface area contributed by atoms with Gasteiger partial charge in [-0.1, -0.05) is 54.0 Å². The highest BCUT2D eigenvalue weighted by atomic mass is 79.9. The van der Waals surface area contributed by atoms with Gasteiger partial charge in [0, 0.05) is 20.8 Å². The van der Waals surface area contributed by atoms with Gasteiger partial charge in [0.15, 0.2) is 0 Å². The summed E-state index contributed by atoms with van der Waals surface area (Å²) >= 11 is 5.25. The molecule has 0 saturated heterocycles. The third-order valence-corrected chi connectivity index (χ3v) is 4.65. The van der Waals surface area contributed by atoms with Gasteiger partial charge in [-0.15, -0.1) is 11.8 Å². The Labute approximate surface area is 127 Å². The Bertz CT molecular complexity index is 549. The van der Waals surface area contributed by atoms with Gasteiger partial charge in [0.25, 0.3) is 0 Å². The molecule has 0 radical (unpaired) electrons. The number of rotatable bonds is 4. The third kappa shape index (κ3) is 4.02. The molecule has 0 aliphatic rings. The van der Waals surface area contributed by atoms with E-state index in [1.807, 2.05) is 12.1 Å². The first kappa shape index (κ1) is 14.5. The SMILES string of the molecule is CC(C)c1ccc(CSc2cc(Br)ccc2N)cc1. The lowest BCUT2D eigenvalue weighted by Crippen LogP contribution is -1.90. The molecule has 3 heteroatoms. The normalized spacial score (nSPS) is 10.9. The maximum absolute atomic E-state index is 5.98. The molecule has 1 nitrogen and oxygen atoms in total. The lowest BCUT2D eigenvalue weighted by atomic mass is 10.0. The number of halogens is 1. The van der Waals surface area contributed by atoms with Crippen LogP contribution in [-0.2, 0) is 5.75 Å². The largest absolute Gasteiger partial charge is 0.398 e. The molecule has 0 bridgehead atoms. The number of hydrogen-bond acceptors (Lipinski definition) is 2. The average Bonchev–Trinajstić information content (AvgIpc) is 2.40. The molecule has 0 atom stereocenters. The van der Waals surface area contributed by atoms with E-state index in [4.69, 9.17) is 5.73 Å². The molecule has 2 rings (SSSR count). The number of anilines is 1. The van der Waals surface area contributed by atoms with Crippen LogP contribution in [0.1, 0.15) is 30.9 Å². The van der Waals surface area contributed by atoms with Crippen LogP contribution in [-0.4, -0.2) is 0 Å². The molecule has 2 aromatic rings. The first-order valence-corrected chi connectivity index (χ1v) is 8.11. The molecule has 0 unspecified atom stereocenters. The lowest BCUT2D eigenvalue weighted by Gasteiger charge is -2.08. The van der Waals surface area contributed by atoms with Crippen molar-refractivity contribution in [3.8, 4) is 0 Å². The van der Waals surface area contributed by atoms with Gasteiger partial charge >= 0.3 is 0 Å². The second kappa shape index (κ2) is 6.49. The van der Waals surface area contributed by atoms with E-state index in [9.17, 15) is 0 Å². The second-order valence-corrected chi connectivity index (χ2v) is 6.80. The summed E-state index contributed by atoms with van der Waals surface area (Å²) in [5, 5.41) is 0. The van der Waals surface area contributed by atoms with Crippen LogP contribution in [0.15, 0.2) is 51.8 Å². The van der Waals surface area contributed by atoms with Gasteiger partial charge in [-0.25, -0.2) is 0 Å². The van der Waals surface area contributed by atoms with Crippen LogP contribution in [0.2, 0.25) is 0 Å². The molecule has 0 spiro atoms. The topological polar surface area (TPSA) is 26.0 Å². The molecule has 0 fully saturated rings. The molecule has 2 aromatic carbocycles. The minimum absolute atomic E-state index is 0.586. The standard InChI is InChI=1S/C16H18BrNS/c1-11(2)13-5-3-12(4-6-13)10-19-16-9-14(17)7-8-15(16)18/h3-9,11H,10,18H2,1-2H3. The molecule has 0 aliphatic carbocycles. The highest BCUT2D eigenvalue weighted by Gasteiger charge is 2.03. The van der Waals surface area contributed by atoms with Crippen molar-refractivity contribution in [1.29, 1.82) is 0 Å². The summed E-state index contributed by atoms with van der Waals surface area (Å²) in [6.45, 7) is 4.43. The van der Waals surface area contributed by atoms with E-state index >= 15 is 0 Å². The van der Waals surface area contributed by atoms with Crippen LogP contribution in [0, 0.1) is 0 Å². The molecule has 2 N–H and O–H groups in total. The summed E-state index contributed by atoms with van der Waals surface area (Å²) in [5.74, 6) is 1.53. The molecular weight excluding hydrogens is 318 g/mol. The minimum Gasteiger partial charge on any atom is -0.398 e. The van der Waals surface area contributed by atoms with Crippen molar-refractivity contribution in [3.63, 3.8) is 0 Å². The summed E-state index contributed by atoms with van der Waals surface area (Å²) in [5.41, 5.74) is 9.53. The molecule has 0 amide bonds. The van der Waals surface area contributed by atoms with Crippen LogP contribution in [0.4, 0.5) is 5.69 Å². The highest BCUT2D eigenvalue weighted by molar-refractivity contribution is 9.10. The van der Waals surface area contributed by atoms with Crippen molar-refractivity contribution in [2.45, 2.75) is 30.4 Å². The Morgan fingerprint density at radius 3 is 2.42 bits per heavy atom. The Hall–Kier alpha value is -0.930. The Kier molecular flexibility index (Phi) is 4.94. The lowest BCUT2D eigenvalue weighted by molar-refractivity contribution is 0.866. The fraction of sp³-hybridized carbons (Fsp3) is 0.250. The first-order chi connectivity index (χ1) is 9.06. The molecule has 0 aliphatic heterocycles. The second-order valence-electron chi connectivity index (χ2n) is 4.87. The summed E-state index contributed by atoms with van der Waals surface area (Å²) in [7, 11) is 0. The number of benzene rings is 2. The van der Waals surface area contributed by atoms with Crippen LogP contribution in [0.3, 0.4) is 0 Å². The first-order valence-electron chi connectivity index (χ1n) is 6.33. The molecule has 0 aromatic heterocycles. The van der Waals surface area contributed by atoms with Gasteiger partial charge in [-0.05, 0) is 35.2 Å². The van der Waals surface area contributed by atoms with Crippen LogP contribution in [0.25, 0.3) is 0 Å². The van der Waals surface area contributed by atoms with Crippen molar-refractivity contribution >= 4 is 33.4 Å². The van der Waals surface area contributed by atoms with Crippen LogP contribution < -0.4 is 5.73 Å². The summed E-state index contributed by atoms with van der Waals surface area (Å²) in [6.07, 6.45) is 0. The number of hydrogen-bond donors (Lipinski definition) is 1. The number of nitrogen functional groups attached to an aromatic ring is 1. The molecule has 19 heavy (non-hydrogen) atoms. The molecule has 100 valence electrons. The third-order valence-electron chi connectivity index (χ3n) is 3.02. The number of nitrogens with two attached hydrogens (primary N) is 1.